The van der Waals surface area contributed by atoms with Crippen LogP contribution in [-0.2, 0) is 28.5 Å². The van der Waals surface area contributed by atoms with Gasteiger partial charge in [-0.2, -0.15) is 0 Å². The van der Waals surface area contributed by atoms with Gasteiger partial charge in [0, 0.05) is 13.0 Å². The molecule has 3 unspecified atom stereocenters. The average molecular weight is 318 g/mol. The van der Waals surface area contributed by atoms with Gasteiger partial charge in [-0.25, -0.2) is 0 Å². The van der Waals surface area contributed by atoms with Crippen LogP contribution in [0.15, 0.2) is 0 Å². The molecule has 6 heteroatoms. The first-order valence-corrected chi connectivity index (χ1v) is 7.70. The normalized spacial score (nSPS) is 15.4. The zero-order valence-corrected chi connectivity index (χ0v) is 14.6. The van der Waals surface area contributed by atoms with Crippen LogP contribution in [-0.4, -0.2) is 57.0 Å². The average Bonchev–Trinajstić information content (AvgIpc) is 2.48. The lowest BCUT2D eigenvalue weighted by Gasteiger charge is -2.19. The van der Waals surface area contributed by atoms with Crippen LogP contribution in [0.25, 0.3) is 0 Å². The Morgan fingerprint density at radius 2 is 1.32 bits per heavy atom. The van der Waals surface area contributed by atoms with Crippen LogP contribution >= 0.6 is 0 Å². The van der Waals surface area contributed by atoms with Gasteiger partial charge in [0.2, 0.25) is 0 Å². The van der Waals surface area contributed by atoms with Gasteiger partial charge in [0.25, 0.3) is 0 Å². The predicted molar refractivity (Wildman–Crippen MR) is 82.7 cm³/mol. The molecule has 0 N–H and O–H groups in total. The van der Waals surface area contributed by atoms with Crippen LogP contribution < -0.4 is 0 Å². The van der Waals surface area contributed by atoms with Gasteiger partial charge in [0.05, 0.1) is 31.5 Å². The van der Waals surface area contributed by atoms with Crippen molar-refractivity contribution < 1.29 is 28.5 Å². The third kappa shape index (κ3) is 10.7. The molecule has 0 saturated heterocycles. The standard InChI is InChI=1S/C16H30O6/c1-11(2)15(17)7-16(18)22-10-14(5)21-9-13(4)20-8-12(3)19-6/h11-14H,7-10H2,1-6H3. The minimum atomic E-state index is -0.507. The summed E-state index contributed by atoms with van der Waals surface area (Å²) in [5.41, 5.74) is 0. The Morgan fingerprint density at radius 1 is 0.818 bits per heavy atom. The molecule has 3 atom stereocenters. The smallest absolute Gasteiger partial charge is 0.313 e. The van der Waals surface area contributed by atoms with Gasteiger partial charge < -0.3 is 18.9 Å². The van der Waals surface area contributed by atoms with Gasteiger partial charge in [-0.3, -0.25) is 9.59 Å². The largest absolute Gasteiger partial charge is 0.463 e. The van der Waals surface area contributed by atoms with Crippen LogP contribution in [0.5, 0.6) is 0 Å². The van der Waals surface area contributed by atoms with Gasteiger partial charge in [-0.15, -0.1) is 0 Å². The third-order valence-electron chi connectivity index (χ3n) is 3.07. The van der Waals surface area contributed by atoms with E-state index in [-0.39, 0.29) is 43.0 Å². The first kappa shape index (κ1) is 21.0. The second kappa shape index (κ2) is 11.6. The minimum absolute atomic E-state index is 0.0410. The lowest BCUT2D eigenvalue weighted by atomic mass is 10.1. The number of hydrogen-bond donors (Lipinski definition) is 0. The van der Waals surface area contributed by atoms with Gasteiger partial charge >= 0.3 is 5.97 Å². The molecule has 130 valence electrons. The number of hydrogen-bond acceptors (Lipinski definition) is 6. The molecule has 22 heavy (non-hydrogen) atoms. The van der Waals surface area contributed by atoms with Gasteiger partial charge in [-0.1, -0.05) is 13.8 Å². The fraction of sp³-hybridized carbons (Fsp3) is 0.875. The van der Waals surface area contributed by atoms with E-state index < -0.39 is 5.97 Å². The molecule has 0 amide bonds. The van der Waals surface area contributed by atoms with Gasteiger partial charge in [0.15, 0.2) is 0 Å². The van der Waals surface area contributed by atoms with Crippen LogP contribution in [0, 0.1) is 5.92 Å². The number of carbonyl (C=O) groups excluding carboxylic acids is 2. The zero-order valence-electron chi connectivity index (χ0n) is 14.6. The summed E-state index contributed by atoms with van der Waals surface area (Å²) in [4.78, 5) is 22.9. The molecule has 0 aromatic rings. The fourth-order valence-corrected chi connectivity index (χ4v) is 1.37. The summed E-state index contributed by atoms with van der Waals surface area (Å²) in [6.07, 6.45) is -0.458. The Bertz CT molecular complexity index is 329. The van der Waals surface area contributed by atoms with E-state index in [0.29, 0.717) is 13.2 Å². The molecule has 0 aliphatic rings. The first-order chi connectivity index (χ1) is 10.3. The van der Waals surface area contributed by atoms with Crippen molar-refractivity contribution in [2.24, 2.45) is 5.92 Å². The summed E-state index contributed by atoms with van der Waals surface area (Å²) in [5.74, 6) is -0.783. The molecule has 0 aliphatic carbocycles. The highest BCUT2D eigenvalue weighted by molar-refractivity contribution is 5.96. The molecule has 0 saturated carbocycles. The maximum absolute atomic E-state index is 11.5. The highest BCUT2D eigenvalue weighted by Gasteiger charge is 2.15. The van der Waals surface area contributed by atoms with E-state index in [1.807, 2.05) is 20.8 Å². The lowest BCUT2D eigenvalue weighted by molar-refractivity contribution is -0.151. The SMILES string of the molecule is COC(C)COC(C)COC(C)COC(=O)CC(=O)C(C)C. The molecule has 6 nitrogen and oxygen atoms in total. The number of ether oxygens (including phenoxy) is 4. The summed E-state index contributed by atoms with van der Waals surface area (Å²) in [7, 11) is 1.63. The van der Waals surface area contributed by atoms with Crippen LogP contribution in [0.4, 0.5) is 0 Å². The maximum atomic E-state index is 11.5. The van der Waals surface area contributed by atoms with E-state index in [1.165, 1.54) is 0 Å². The second-order valence-corrected chi connectivity index (χ2v) is 5.82. The molecule has 0 bridgehead atoms. The molecule has 0 fully saturated rings. The first-order valence-electron chi connectivity index (χ1n) is 7.70. The maximum Gasteiger partial charge on any atom is 0.313 e. The number of methoxy groups -OCH3 is 1. The summed E-state index contributed by atoms with van der Waals surface area (Å²) in [5, 5.41) is 0. The van der Waals surface area contributed by atoms with Crippen molar-refractivity contribution in [3.63, 3.8) is 0 Å². The predicted octanol–water partition coefficient (Wildman–Crippen LogP) is 1.99. The van der Waals surface area contributed by atoms with E-state index in [1.54, 1.807) is 21.0 Å². The van der Waals surface area contributed by atoms with E-state index in [4.69, 9.17) is 18.9 Å². The van der Waals surface area contributed by atoms with Crippen molar-refractivity contribution in [1.82, 2.24) is 0 Å². The zero-order chi connectivity index (χ0) is 17.1. The number of Topliss-reactive ketones (excluding diaryl/α,β-unsaturated/α-hetero) is 1. The molecule has 0 rings (SSSR count). The molecule has 0 aromatic heterocycles. The molecule has 0 spiro atoms. The van der Waals surface area contributed by atoms with Crippen molar-refractivity contribution in [1.29, 1.82) is 0 Å². The van der Waals surface area contributed by atoms with Gasteiger partial charge in [-0.05, 0) is 20.8 Å². The molecular weight excluding hydrogens is 288 g/mol. The topological polar surface area (TPSA) is 71.1 Å². The van der Waals surface area contributed by atoms with Crippen LogP contribution in [0.2, 0.25) is 0 Å². The fourth-order valence-electron chi connectivity index (χ4n) is 1.37. The van der Waals surface area contributed by atoms with E-state index in [9.17, 15) is 9.59 Å². The van der Waals surface area contributed by atoms with Crippen molar-refractivity contribution in [3.05, 3.63) is 0 Å². The van der Waals surface area contributed by atoms with Crippen molar-refractivity contribution in [3.8, 4) is 0 Å². The number of carbonyl (C=O) groups is 2. The second-order valence-electron chi connectivity index (χ2n) is 5.82. The number of ketones is 1. The lowest BCUT2D eigenvalue weighted by Crippen LogP contribution is -2.27. The Hall–Kier alpha value is -0.980. The van der Waals surface area contributed by atoms with Crippen LogP contribution in [0.3, 0.4) is 0 Å². The highest BCUT2D eigenvalue weighted by Crippen LogP contribution is 2.03. The molecule has 0 aliphatic heterocycles. The van der Waals surface area contributed by atoms with E-state index in [2.05, 4.69) is 0 Å². The number of rotatable bonds is 12. The Balaban J connectivity index is 3.79. The summed E-state index contributed by atoms with van der Waals surface area (Å²) >= 11 is 0. The molecular formula is C16H30O6. The van der Waals surface area contributed by atoms with Crippen molar-refractivity contribution >= 4 is 11.8 Å². The van der Waals surface area contributed by atoms with Crippen molar-refractivity contribution in [2.45, 2.75) is 59.4 Å². The molecule has 0 heterocycles. The van der Waals surface area contributed by atoms with Crippen LogP contribution in [0.1, 0.15) is 41.0 Å². The Kier molecular flexibility index (Phi) is 11.1. The molecule has 0 radical (unpaired) electrons. The summed E-state index contributed by atoms with van der Waals surface area (Å²) in [6, 6.07) is 0. The summed E-state index contributed by atoms with van der Waals surface area (Å²) in [6.45, 7) is 10.2. The summed E-state index contributed by atoms with van der Waals surface area (Å²) < 4.78 is 21.2. The van der Waals surface area contributed by atoms with E-state index >= 15 is 0 Å². The minimum Gasteiger partial charge on any atom is -0.463 e. The van der Waals surface area contributed by atoms with E-state index in [0.717, 1.165) is 0 Å². The number of esters is 1. The Morgan fingerprint density at radius 3 is 1.82 bits per heavy atom. The quantitative estimate of drug-likeness (QED) is 0.405. The molecule has 0 aromatic carbocycles. The third-order valence-corrected chi connectivity index (χ3v) is 3.07. The van der Waals surface area contributed by atoms with Gasteiger partial charge in [0.1, 0.15) is 18.8 Å². The van der Waals surface area contributed by atoms with Crippen molar-refractivity contribution in [2.75, 3.05) is 26.9 Å². The highest BCUT2D eigenvalue weighted by atomic mass is 16.6. The Labute approximate surface area is 133 Å². The monoisotopic (exact) mass is 318 g/mol.